The minimum Gasteiger partial charge on any atom is -0.496 e. The highest BCUT2D eigenvalue weighted by Gasteiger charge is 2.12. The molecule has 0 spiro atoms. The Kier molecular flexibility index (Phi) is 10.6. The maximum atomic E-state index is 11.8. The molecule has 2 aromatic rings. The van der Waals surface area contributed by atoms with Crippen LogP contribution in [0, 0.1) is 6.92 Å². The Morgan fingerprint density at radius 3 is 2.47 bits per heavy atom. The van der Waals surface area contributed by atoms with Gasteiger partial charge in [-0.05, 0) is 42.7 Å². The van der Waals surface area contributed by atoms with Crippen LogP contribution in [0.15, 0.2) is 52.4 Å². The number of methoxy groups -OCH3 is 1. The van der Waals surface area contributed by atoms with Crippen LogP contribution in [0.1, 0.15) is 36.5 Å². The number of nitrogens with zero attached hydrogens (tertiary/aromatic N) is 1. The second-order valence-electron chi connectivity index (χ2n) is 7.09. The molecule has 0 aliphatic rings. The first kappa shape index (κ1) is 26.2. The number of halogens is 1. The predicted octanol–water partition coefficient (Wildman–Crippen LogP) is 3.88. The zero-order valence-corrected chi connectivity index (χ0v) is 21.4. The summed E-state index contributed by atoms with van der Waals surface area (Å²) >= 11 is 0. The molecule has 1 unspecified atom stereocenters. The summed E-state index contributed by atoms with van der Waals surface area (Å²) in [5, 5.41) is 6.63. The van der Waals surface area contributed by atoms with Gasteiger partial charge in [-0.1, -0.05) is 37.3 Å². The standard InChI is InChI=1S/C22H31N3O3S.HI/c1-6-23-22(24-14-17(3)19-9-7-8-10-20(19)28-4)25-15-18-11-12-21(16(2)13-18)29(5,26)27;/h7-13,17H,6,14-15H2,1-5H3,(H2,23,24,25);1H. The molecule has 2 aromatic carbocycles. The first-order valence-corrected chi connectivity index (χ1v) is 11.6. The number of rotatable bonds is 8. The predicted molar refractivity (Wildman–Crippen MR) is 134 cm³/mol. The number of guanidine groups is 1. The molecule has 0 heterocycles. The third-order valence-corrected chi connectivity index (χ3v) is 5.91. The molecule has 0 saturated carbocycles. The average Bonchev–Trinajstić information content (AvgIpc) is 2.68. The molecular formula is C22H32IN3O3S. The van der Waals surface area contributed by atoms with Crippen LogP contribution in [0.2, 0.25) is 0 Å². The number of hydrogen-bond donors (Lipinski definition) is 2. The fourth-order valence-corrected chi connectivity index (χ4v) is 4.13. The quantitative estimate of drug-likeness (QED) is 0.299. The van der Waals surface area contributed by atoms with E-state index in [0.717, 1.165) is 34.9 Å². The second-order valence-corrected chi connectivity index (χ2v) is 9.08. The smallest absolute Gasteiger partial charge is 0.191 e. The monoisotopic (exact) mass is 545 g/mol. The van der Waals surface area contributed by atoms with Gasteiger partial charge < -0.3 is 15.4 Å². The highest BCUT2D eigenvalue weighted by atomic mass is 127. The number of aryl methyl sites for hydroxylation is 1. The van der Waals surface area contributed by atoms with Crippen molar-refractivity contribution in [1.82, 2.24) is 10.6 Å². The van der Waals surface area contributed by atoms with Crippen molar-refractivity contribution in [3.63, 3.8) is 0 Å². The van der Waals surface area contributed by atoms with Gasteiger partial charge in [0.25, 0.3) is 0 Å². The number of ether oxygens (including phenoxy) is 1. The molecular weight excluding hydrogens is 513 g/mol. The lowest BCUT2D eigenvalue weighted by atomic mass is 10.0. The molecule has 0 fully saturated rings. The Hall–Kier alpha value is -1.81. The van der Waals surface area contributed by atoms with Gasteiger partial charge in [-0.2, -0.15) is 0 Å². The number of para-hydroxylation sites is 1. The van der Waals surface area contributed by atoms with Crippen molar-refractivity contribution in [2.45, 2.75) is 38.1 Å². The number of benzene rings is 2. The highest BCUT2D eigenvalue weighted by molar-refractivity contribution is 14.0. The van der Waals surface area contributed by atoms with E-state index in [1.54, 1.807) is 13.2 Å². The largest absolute Gasteiger partial charge is 0.496 e. The van der Waals surface area contributed by atoms with Gasteiger partial charge in [0.2, 0.25) is 0 Å². The van der Waals surface area contributed by atoms with Crippen LogP contribution in [0.3, 0.4) is 0 Å². The van der Waals surface area contributed by atoms with Crippen LogP contribution in [0.4, 0.5) is 0 Å². The summed E-state index contributed by atoms with van der Waals surface area (Å²) in [5.41, 5.74) is 2.85. The molecule has 1 atom stereocenters. The minimum atomic E-state index is -3.21. The normalized spacial score (nSPS) is 12.6. The molecule has 0 aliphatic carbocycles. The van der Waals surface area contributed by atoms with E-state index in [9.17, 15) is 8.42 Å². The molecule has 0 radical (unpaired) electrons. The fraction of sp³-hybridized carbons (Fsp3) is 0.409. The van der Waals surface area contributed by atoms with Gasteiger partial charge in [0.1, 0.15) is 5.75 Å². The van der Waals surface area contributed by atoms with Crippen LogP contribution in [0.25, 0.3) is 0 Å². The van der Waals surface area contributed by atoms with Crippen LogP contribution in [-0.2, 0) is 16.4 Å². The van der Waals surface area contributed by atoms with Gasteiger partial charge >= 0.3 is 0 Å². The average molecular weight is 545 g/mol. The molecule has 30 heavy (non-hydrogen) atoms. The van der Waals surface area contributed by atoms with Crippen molar-refractivity contribution in [2.75, 3.05) is 26.5 Å². The lowest BCUT2D eigenvalue weighted by molar-refractivity contribution is 0.406. The summed E-state index contributed by atoms with van der Waals surface area (Å²) in [6.45, 7) is 7.89. The summed E-state index contributed by atoms with van der Waals surface area (Å²) in [7, 11) is -1.53. The Labute approximate surface area is 197 Å². The third kappa shape index (κ3) is 7.46. The van der Waals surface area contributed by atoms with Crippen molar-refractivity contribution < 1.29 is 13.2 Å². The van der Waals surface area contributed by atoms with E-state index < -0.39 is 9.84 Å². The van der Waals surface area contributed by atoms with Crippen LogP contribution < -0.4 is 15.4 Å². The van der Waals surface area contributed by atoms with Crippen LogP contribution >= 0.6 is 24.0 Å². The number of hydrogen-bond acceptors (Lipinski definition) is 4. The molecule has 2 rings (SSSR count). The Morgan fingerprint density at radius 1 is 1.17 bits per heavy atom. The van der Waals surface area contributed by atoms with E-state index in [-0.39, 0.29) is 29.9 Å². The molecule has 2 N–H and O–H groups in total. The van der Waals surface area contributed by atoms with Gasteiger partial charge in [0.15, 0.2) is 15.8 Å². The van der Waals surface area contributed by atoms with Gasteiger partial charge in [-0.15, -0.1) is 24.0 Å². The maximum absolute atomic E-state index is 11.8. The van der Waals surface area contributed by atoms with Crippen molar-refractivity contribution in [3.05, 3.63) is 59.2 Å². The first-order chi connectivity index (χ1) is 13.8. The number of sulfone groups is 1. The van der Waals surface area contributed by atoms with E-state index in [2.05, 4.69) is 28.6 Å². The van der Waals surface area contributed by atoms with Gasteiger partial charge in [-0.25, -0.2) is 13.4 Å². The van der Waals surface area contributed by atoms with Crippen molar-refractivity contribution in [2.24, 2.45) is 4.99 Å². The molecule has 0 saturated heterocycles. The molecule has 6 nitrogen and oxygen atoms in total. The zero-order chi connectivity index (χ0) is 21.4. The number of nitrogens with one attached hydrogen (secondary N) is 2. The van der Waals surface area contributed by atoms with Gasteiger partial charge in [0, 0.05) is 25.3 Å². The van der Waals surface area contributed by atoms with Gasteiger partial charge in [0.05, 0.1) is 18.6 Å². The minimum absolute atomic E-state index is 0. The van der Waals surface area contributed by atoms with Crippen molar-refractivity contribution >= 4 is 39.8 Å². The molecule has 0 bridgehead atoms. The SMILES string of the molecule is CCNC(=NCc1ccc(S(C)(=O)=O)c(C)c1)NCC(C)c1ccccc1OC.I. The summed E-state index contributed by atoms with van der Waals surface area (Å²) < 4.78 is 29.0. The second kappa shape index (κ2) is 12.1. The Bertz CT molecular complexity index is 962. The zero-order valence-electron chi connectivity index (χ0n) is 18.2. The molecule has 8 heteroatoms. The highest BCUT2D eigenvalue weighted by Crippen LogP contribution is 2.25. The molecule has 0 aromatic heterocycles. The van der Waals surface area contributed by atoms with E-state index >= 15 is 0 Å². The van der Waals surface area contributed by atoms with E-state index in [4.69, 9.17) is 4.74 Å². The lowest BCUT2D eigenvalue weighted by Gasteiger charge is -2.18. The van der Waals surface area contributed by atoms with Crippen LogP contribution in [0.5, 0.6) is 5.75 Å². The summed E-state index contributed by atoms with van der Waals surface area (Å²) in [6, 6.07) is 13.4. The Balaban J connectivity index is 0.00000450. The van der Waals surface area contributed by atoms with Crippen molar-refractivity contribution in [1.29, 1.82) is 0 Å². The van der Waals surface area contributed by atoms with E-state index in [1.165, 1.54) is 6.26 Å². The van der Waals surface area contributed by atoms with E-state index in [0.29, 0.717) is 18.0 Å². The van der Waals surface area contributed by atoms with Crippen LogP contribution in [-0.4, -0.2) is 40.8 Å². The molecule has 166 valence electrons. The summed E-state index contributed by atoms with van der Waals surface area (Å²) in [6.07, 6.45) is 1.23. The summed E-state index contributed by atoms with van der Waals surface area (Å²) in [4.78, 5) is 5.00. The lowest BCUT2D eigenvalue weighted by Crippen LogP contribution is -2.39. The van der Waals surface area contributed by atoms with E-state index in [1.807, 2.05) is 44.2 Å². The van der Waals surface area contributed by atoms with Crippen molar-refractivity contribution in [3.8, 4) is 5.75 Å². The molecule has 0 amide bonds. The topological polar surface area (TPSA) is 79.8 Å². The number of aliphatic imine (C=N–C) groups is 1. The molecule has 0 aliphatic heterocycles. The Morgan fingerprint density at radius 2 is 1.87 bits per heavy atom. The van der Waals surface area contributed by atoms with Gasteiger partial charge in [-0.3, -0.25) is 0 Å². The third-order valence-electron chi connectivity index (χ3n) is 4.65. The maximum Gasteiger partial charge on any atom is 0.191 e. The summed E-state index contributed by atoms with van der Waals surface area (Å²) in [5.74, 6) is 1.84. The fourth-order valence-electron chi connectivity index (χ4n) is 3.17. The first-order valence-electron chi connectivity index (χ1n) is 9.71.